The Kier molecular flexibility index (Phi) is 5.92. The van der Waals surface area contributed by atoms with Gasteiger partial charge >= 0.3 is 0 Å². The van der Waals surface area contributed by atoms with E-state index in [1.165, 1.54) is 0 Å². The van der Waals surface area contributed by atoms with E-state index in [1.807, 2.05) is 69.3 Å². The van der Waals surface area contributed by atoms with E-state index in [0.717, 1.165) is 33.6 Å². The van der Waals surface area contributed by atoms with Gasteiger partial charge in [0.15, 0.2) is 0 Å². The number of carbonyl (C=O) groups is 2. The van der Waals surface area contributed by atoms with Gasteiger partial charge in [-0.15, -0.1) is 0 Å². The Labute approximate surface area is 190 Å². The lowest BCUT2D eigenvalue weighted by Crippen LogP contribution is -2.42. The summed E-state index contributed by atoms with van der Waals surface area (Å²) in [4.78, 5) is 29.2. The molecule has 0 bridgehead atoms. The van der Waals surface area contributed by atoms with Crippen LogP contribution in [0.1, 0.15) is 33.0 Å². The van der Waals surface area contributed by atoms with Gasteiger partial charge in [0.25, 0.3) is 5.91 Å². The van der Waals surface area contributed by atoms with Crippen molar-refractivity contribution >= 4 is 34.3 Å². The highest BCUT2D eigenvalue weighted by atomic mass is 35.5. The van der Waals surface area contributed by atoms with Crippen LogP contribution in [0, 0.1) is 20.8 Å². The van der Waals surface area contributed by atoms with Crippen LogP contribution in [0.4, 0.5) is 0 Å². The van der Waals surface area contributed by atoms with E-state index in [-0.39, 0.29) is 18.0 Å². The molecule has 2 aromatic heterocycles. The summed E-state index contributed by atoms with van der Waals surface area (Å²) in [5.74, 6) is -0.839. The molecule has 2 aromatic carbocycles. The number of fused-ring (bicyclic) bond motifs is 1. The second-order valence-corrected chi connectivity index (χ2v) is 7.97. The fourth-order valence-electron chi connectivity index (χ4n) is 3.48. The smallest absolute Gasteiger partial charge is 0.273 e. The highest BCUT2D eigenvalue weighted by Crippen LogP contribution is 2.23. The van der Waals surface area contributed by atoms with Crippen molar-refractivity contribution in [3.05, 3.63) is 87.8 Å². The maximum Gasteiger partial charge on any atom is 0.288 e. The molecule has 2 N–H and O–H groups in total. The minimum Gasteiger partial charge on any atom is -0.273 e. The number of aryl methyl sites for hydroxylation is 2. The number of hydrogen-bond acceptors (Lipinski definition) is 4. The van der Waals surface area contributed by atoms with Crippen molar-refractivity contribution in [2.45, 2.75) is 27.2 Å². The lowest BCUT2D eigenvalue weighted by atomic mass is 10.1. The molecule has 0 unspecified atom stereocenters. The summed E-state index contributed by atoms with van der Waals surface area (Å²) in [5.41, 5.74) is 9.98. The van der Waals surface area contributed by atoms with Gasteiger partial charge in [-0.05, 0) is 50.6 Å². The highest BCUT2D eigenvalue weighted by molar-refractivity contribution is 6.31. The largest absolute Gasteiger partial charge is 0.288 e. The number of nitrogens with one attached hydrogen (secondary N) is 2. The maximum atomic E-state index is 12.5. The number of para-hydroxylation sites is 1. The molecule has 0 spiro atoms. The first-order valence-corrected chi connectivity index (χ1v) is 10.5. The molecule has 0 aliphatic rings. The Bertz CT molecular complexity index is 1350. The number of aromatic nitrogens is 3. The van der Waals surface area contributed by atoms with Crippen LogP contribution in [0.2, 0.25) is 5.02 Å². The average Bonchev–Trinajstić information content (AvgIpc) is 3.07. The van der Waals surface area contributed by atoms with E-state index >= 15 is 0 Å². The molecule has 0 aliphatic carbocycles. The normalized spacial score (nSPS) is 10.9. The van der Waals surface area contributed by atoms with Crippen molar-refractivity contribution in [1.29, 1.82) is 0 Å². The molecule has 8 heteroatoms. The van der Waals surface area contributed by atoms with Crippen LogP contribution in [0.25, 0.3) is 16.6 Å². The first-order chi connectivity index (χ1) is 15.3. The summed E-state index contributed by atoms with van der Waals surface area (Å²) >= 11 is 6.25. The van der Waals surface area contributed by atoms with Crippen LogP contribution >= 0.6 is 11.6 Å². The number of benzene rings is 2. The van der Waals surface area contributed by atoms with Crippen LogP contribution in [0.5, 0.6) is 0 Å². The molecule has 7 nitrogen and oxygen atoms in total. The molecule has 0 saturated carbocycles. The SMILES string of the molecule is Cc1ccc(-n2nc(C)c(CC(=O)NNC(=O)c3ccc4ccccc4n3)c2C)cc1Cl. The van der Waals surface area contributed by atoms with Gasteiger partial charge in [-0.3, -0.25) is 20.4 Å². The predicted octanol–water partition coefficient (Wildman–Crippen LogP) is 4.00. The molecule has 0 radical (unpaired) electrons. The predicted molar refractivity (Wildman–Crippen MR) is 124 cm³/mol. The molecular weight excluding hydrogens is 426 g/mol. The Balaban J connectivity index is 1.44. The van der Waals surface area contributed by atoms with E-state index in [0.29, 0.717) is 10.5 Å². The number of hydrogen-bond donors (Lipinski definition) is 2. The molecule has 0 aliphatic heterocycles. The van der Waals surface area contributed by atoms with Crippen molar-refractivity contribution < 1.29 is 9.59 Å². The third kappa shape index (κ3) is 4.33. The number of nitrogens with zero attached hydrogens (tertiary/aromatic N) is 3. The van der Waals surface area contributed by atoms with Gasteiger partial charge < -0.3 is 0 Å². The van der Waals surface area contributed by atoms with E-state index in [9.17, 15) is 9.59 Å². The summed E-state index contributed by atoms with van der Waals surface area (Å²) in [7, 11) is 0. The van der Waals surface area contributed by atoms with Gasteiger partial charge in [-0.2, -0.15) is 5.10 Å². The maximum absolute atomic E-state index is 12.5. The molecule has 4 aromatic rings. The summed E-state index contributed by atoms with van der Waals surface area (Å²) in [5, 5.41) is 6.14. The molecule has 0 fully saturated rings. The highest BCUT2D eigenvalue weighted by Gasteiger charge is 2.17. The van der Waals surface area contributed by atoms with Crippen molar-refractivity contribution in [3.8, 4) is 5.69 Å². The topological polar surface area (TPSA) is 88.9 Å². The Hall–Kier alpha value is -3.71. The summed E-state index contributed by atoms with van der Waals surface area (Å²) < 4.78 is 1.76. The fourth-order valence-corrected chi connectivity index (χ4v) is 3.66. The number of hydrazine groups is 1. The zero-order valence-corrected chi connectivity index (χ0v) is 18.7. The minimum atomic E-state index is -0.484. The monoisotopic (exact) mass is 447 g/mol. The first kappa shape index (κ1) is 21.5. The standard InChI is InChI=1S/C24H22ClN5O2/c1-14-8-10-18(12-20(14)25)30-16(3)19(15(2)29-30)13-23(31)27-28-24(32)22-11-9-17-6-4-5-7-21(17)26-22/h4-12H,13H2,1-3H3,(H,27,31)(H,28,32). The summed E-state index contributed by atoms with van der Waals surface area (Å²) in [6.45, 7) is 5.68. The Morgan fingerprint density at radius 1 is 1.00 bits per heavy atom. The number of pyridine rings is 1. The van der Waals surface area contributed by atoms with Crippen LogP contribution in [0.15, 0.2) is 54.6 Å². The van der Waals surface area contributed by atoms with Gasteiger partial charge in [-0.1, -0.05) is 41.9 Å². The van der Waals surface area contributed by atoms with Gasteiger partial charge in [0.1, 0.15) is 5.69 Å². The van der Waals surface area contributed by atoms with Crippen molar-refractivity contribution in [2.24, 2.45) is 0 Å². The van der Waals surface area contributed by atoms with Gasteiger partial charge in [-0.25, -0.2) is 9.67 Å². The van der Waals surface area contributed by atoms with Crippen molar-refractivity contribution in [3.63, 3.8) is 0 Å². The van der Waals surface area contributed by atoms with Gasteiger partial charge in [0.05, 0.1) is 23.3 Å². The van der Waals surface area contributed by atoms with E-state index in [4.69, 9.17) is 11.6 Å². The second kappa shape index (κ2) is 8.80. The lowest BCUT2D eigenvalue weighted by Gasteiger charge is -2.09. The Morgan fingerprint density at radius 3 is 2.56 bits per heavy atom. The third-order valence-electron chi connectivity index (χ3n) is 5.33. The molecule has 0 saturated heterocycles. The molecule has 0 atom stereocenters. The van der Waals surface area contributed by atoms with Crippen molar-refractivity contribution in [1.82, 2.24) is 25.6 Å². The quantitative estimate of drug-likeness (QED) is 0.463. The molecule has 4 rings (SSSR count). The van der Waals surface area contributed by atoms with E-state index in [2.05, 4.69) is 20.9 Å². The second-order valence-electron chi connectivity index (χ2n) is 7.56. The van der Waals surface area contributed by atoms with Crippen LogP contribution in [0.3, 0.4) is 0 Å². The van der Waals surface area contributed by atoms with Crippen LogP contribution < -0.4 is 10.9 Å². The number of carbonyl (C=O) groups excluding carboxylic acids is 2. The molecular formula is C24H22ClN5O2. The third-order valence-corrected chi connectivity index (χ3v) is 5.73. The van der Waals surface area contributed by atoms with Gasteiger partial charge in [0.2, 0.25) is 5.91 Å². The number of amides is 2. The zero-order chi connectivity index (χ0) is 22.8. The number of halogens is 1. The first-order valence-electron chi connectivity index (χ1n) is 10.1. The summed E-state index contributed by atoms with van der Waals surface area (Å²) in [6, 6.07) is 16.6. The minimum absolute atomic E-state index is 0.0721. The van der Waals surface area contributed by atoms with Crippen LogP contribution in [-0.2, 0) is 11.2 Å². The lowest BCUT2D eigenvalue weighted by molar-refractivity contribution is -0.121. The van der Waals surface area contributed by atoms with Gasteiger partial charge in [0, 0.05) is 21.7 Å². The van der Waals surface area contributed by atoms with E-state index in [1.54, 1.807) is 10.7 Å². The summed E-state index contributed by atoms with van der Waals surface area (Å²) in [6.07, 6.45) is 0.0721. The molecule has 162 valence electrons. The van der Waals surface area contributed by atoms with E-state index < -0.39 is 5.91 Å². The molecule has 32 heavy (non-hydrogen) atoms. The fraction of sp³-hybridized carbons (Fsp3) is 0.167. The zero-order valence-electron chi connectivity index (χ0n) is 17.9. The number of rotatable bonds is 4. The average molecular weight is 448 g/mol. The molecule has 2 amide bonds. The van der Waals surface area contributed by atoms with Crippen LogP contribution in [-0.4, -0.2) is 26.6 Å². The molecule has 2 heterocycles. The van der Waals surface area contributed by atoms with Crippen molar-refractivity contribution in [2.75, 3.05) is 0 Å². The Morgan fingerprint density at radius 2 is 1.78 bits per heavy atom.